The molecule has 2 N–H and O–H groups in total. The molecule has 0 aromatic rings. The van der Waals surface area contributed by atoms with E-state index in [0.29, 0.717) is 6.54 Å². The second-order valence-corrected chi connectivity index (χ2v) is 3.60. The van der Waals surface area contributed by atoms with Gasteiger partial charge in [-0.05, 0) is 6.42 Å². The van der Waals surface area contributed by atoms with Crippen molar-refractivity contribution in [1.82, 2.24) is 10.6 Å². The summed E-state index contributed by atoms with van der Waals surface area (Å²) in [5, 5.41) is 21.8. The molecule has 0 aliphatic carbocycles. The zero-order valence-corrected chi connectivity index (χ0v) is 10.1. The third-order valence-corrected chi connectivity index (χ3v) is 2.15. The van der Waals surface area contributed by atoms with E-state index >= 15 is 0 Å². The minimum Gasteiger partial charge on any atom is -0.338 e. The molecule has 0 unspecified atom stereocenters. The van der Waals surface area contributed by atoms with Crippen molar-refractivity contribution in [2.75, 3.05) is 6.54 Å². The van der Waals surface area contributed by atoms with Gasteiger partial charge in [0.05, 0.1) is 0 Å². The first kappa shape index (κ1) is 15.0. The molecular formula is C12H18N4O. The van der Waals surface area contributed by atoms with Crippen molar-refractivity contribution in [3.05, 3.63) is 11.8 Å². The minimum atomic E-state index is -0.386. The van der Waals surface area contributed by atoms with Crippen molar-refractivity contribution in [1.29, 1.82) is 10.5 Å². The average molecular weight is 234 g/mol. The number of hydrogen-bond acceptors (Lipinski definition) is 3. The normalized spacial score (nSPS) is 8.65. The SMILES string of the molecule is CCCCCCCNC(=O)NC=C(C#N)C#N. The van der Waals surface area contributed by atoms with Crippen LogP contribution in [0.5, 0.6) is 0 Å². The van der Waals surface area contributed by atoms with Crippen LogP contribution in [0.15, 0.2) is 11.8 Å². The van der Waals surface area contributed by atoms with Crippen molar-refractivity contribution in [2.45, 2.75) is 39.0 Å². The zero-order chi connectivity index (χ0) is 12.9. The summed E-state index contributed by atoms with van der Waals surface area (Å²) in [6.45, 7) is 2.76. The molecule has 5 nitrogen and oxygen atoms in total. The van der Waals surface area contributed by atoms with Gasteiger partial charge in [-0.15, -0.1) is 0 Å². The van der Waals surface area contributed by atoms with Gasteiger partial charge in [-0.2, -0.15) is 10.5 Å². The standard InChI is InChI=1S/C12H18N4O/c1-2-3-4-5-6-7-15-12(17)16-10-11(8-13)9-14/h10H,2-7H2,1H3,(H2,15,16,17). The molecule has 0 radical (unpaired) electrons. The minimum absolute atomic E-state index is 0.122. The second kappa shape index (κ2) is 10.5. The summed E-state index contributed by atoms with van der Waals surface area (Å²) >= 11 is 0. The van der Waals surface area contributed by atoms with Crippen LogP contribution >= 0.6 is 0 Å². The van der Waals surface area contributed by atoms with E-state index in [-0.39, 0.29) is 11.6 Å². The highest BCUT2D eigenvalue weighted by atomic mass is 16.2. The van der Waals surface area contributed by atoms with Crippen LogP contribution < -0.4 is 10.6 Å². The summed E-state index contributed by atoms with van der Waals surface area (Å²) in [6, 6.07) is 2.92. The number of carbonyl (C=O) groups excluding carboxylic acids is 1. The van der Waals surface area contributed by atoms with Gasteiger partial charge in [0.15, 0.2) is 0 Å². The van der Waals surface area contributed by atoms with Crippen LogP contribution in [0.3, 0.4) is 0 Å². The van der Waals surface area contributed by atoms with Gasteiger partial charge < -0.3 is 10.6 Å². The molecule has 5 heteroatoms. The molecule has 0 saturated heterocycles. The maximum absolute atomic E-state index is 11.2. The van der Waals surface area contributed by atoms with Crippen LogP contribution in [0, 0.1) is 22.7 Å². The Morgan fingerprint density at radius 1 is 1.18 bits per heavy atom. The predicted octanol–water partition coefficient (Wildman–Crippen LogP) is 2.19. The van der Waals surface area contributed by atoms with Gasteiger partial charge in [0.25, 0.3) is 0 Å². The van der Waals surface area contributed by atoms with Gasteiger partial charge in [0.2, 0.25) is 0 Å². The number of rotatable bonds is 7. The van der Waals surface area contributed by atoms with Crippen molar-refractivity contribution >= 4 is 6.03 Å². The fraction of sp³-hybridized carbons (Fsp3) is 0.583. The zero-order valence-electron chi connectivity index (χ0n) is 10.1. The quantitative estimate of drug-likeness (QED) is 0.522. The number of urea groups is 1. The molecule has 2 amide bonds. The molecule has 0 aromatic heterocycles. The van der Waals surface area contributed by atoms with E-state index in [4.69, 9.17) is 10.5 Å². The predicted molar refractivity (Wildman–Crippen MR) is 64.6 cm³/mol. The van der Waals surface area contributed by atoms with Crippen molar-refractivity contribution in [2.24, 2.45) is 0 Å². The Kier molecular flexibility index (Phi) is 9.26. The summed E-state index contributed by atoms with van der Waals surface area (Å²) < 4.78 is 0. The molecule has 0 aliphatic heterocycles. The molecule has 92 valence electrons. The van der Waals surface area contributed by atoms with E-state index in [0.717, 1.165) is 19.0 Å². The van der Waals surface area contributed by atoms with Crippen LogP contribution in [0.4, 0.5) is 4.79 Å². The lowest BCUT2D eigenvalue weighted by Gasteiger charge is -2.04. The number of nitrogens with zero attached hydrogens (tertiary/aromatic N) is 2. The van der Waals surface area contributed by atoms with Gasteiger partial charge in [0, 0.05) is 12.7 Å². The first-order valence-corrected chi connectivity index (χ1v) is 5.79. The molecule has 0 aromatic carbocycles. The van der Waals surface area contributed by atoms with Crippen LogP contribution in [0.25, 0.3) is 0 Å². The number of amides is 2. The smallest absolute Gasteiger partial charge is 0.318 e. The highest BCUT2D eigenvalue weighted by molar-refractivity contribution is 5.75. The second-order valence-electron chi connectivity index (χ2n) is 3.60. The Morgan fingerprint density at radius 3 is 2.41 bits per heavy atom. The molecular weight excluding hydrogens is 216 g/mol. The summed E-state index contributed by atoms with van der Waals surface area (Å²) in [5.41, 5.74) is -0.122. The number of hydrogen-bond donors (Lipinski definition) is 2. The molecule has 0 bridgehead atoms. The van der Waals surface area contributed by atoms with E-state index in [2.05, 4.69) is 17.6 Å². The highest BCUT2D eigenvalue weighted by Crippen LogP contribution is 2.00. The Bertz CT molecular complexity index is 319. The first-order chi connectivity index (χ1) is 8.24. The first-order valence-electron chi connectivity index (χ1n) is 5.79. The van der Waals surface area contributed by atoms with Crippen LogP contribution in [0.2, 0.25) is 0 Å². The molecule has 0 heterocycles. The van der Waals surface area contributed by atoms with Crippen LogP contribution in [-0.4, -0.2) is 12.6 Å². The number of unbranched alkanes of at least 4 members (excludes halogenated alkanes) is 4. The van der Waals surface area contributed by atoms with E-state index in [1.807, 2.05) is 0 Å². The number of nitriles is 2. The van der Waals surface area contributed by atoms with Gasteiger partial charge in [-0.3, -0.25) is 0 Å². The van der Waals surface area contributed by atoms with Crippen LogP contribution in [0.1, 0.15) is 39.0 Å². The van der Waals surface area contributed by atoms with Gasteiger partial charge >= 0.3 is 6.03 Å². The van der Waals surface area contributed by atoms with Crippen LogP contribution in [-0.2, 0) is 0 Å². The molecule has 17 heavy (non-hydrogen) atoms. The largest absolute Gasteiger partial charge is 0.338 e. The Morgan fingerprint density at radius 2 is 1.82 bits per heavy atom. The van der Waals surface area contributed by atoms with Gasteiger partial charge in [-0.1, -0.05) is 32.6 Å². The fourth-order valence-corrected chi connectivity index (χ4v) is 1.21. The van der Waals surface area contributed by atoms with Gasteiger partial charge in [-0.25, -0.2) is 4.79 Å². The number of allylic oxidation sites excluding steroid dienone is 1. The molecule has 0 rings (SSSR count). The molecule has 0 atom stereocenters. The maximum Gasteiger partial charge on any atom is 0.318 e. The number of nitrogens with one attached hydrogen (secondary N) is 2. The van der Waals surface area contributed by atoms with Crippen molar-refractivity contribution in [3.8, 4) is 12.1 Å². The summed E-state index contributed by atoms with van der Waals surface area (Å²) in [7, 11) is 0. The molecule has 0 spiro atoms. The Labute approximate surface area is 102 Å². The Balaban J connectivity index is 3.58. The molecule has 0 saturated carbocycles. The highest BCUT2D eigenvalue weighted by Gasteiger charge is 1.98. The van der Waals surface area contributed by atoms with Crippen molar-refractivity contribution in [3.63, 3.8) is 0 Å². The fourth-order valence-electron chi connectivity index (χ4n) is 1.21. The van der Waals surface area contributed by atoms with E-state index in [1.165, 1.54) is 19.3 Å². The van der Waals surface area contributed by atoms with Gasteiger partial charge in [0.1, 0.15) is 17.7 Å². The lowest BCUT2D eigenvalue weighted by molar-refractivity contribution is 0.244. The third kappa shape index (κ3) is 8.95. The topological polar surface area (TPSA) is 88.7 Å². The maximum atomic E-state index is 11.2. The lowest BCUT2D eigenvalue weighted by Crippen LogP contribution is -2.33. The third-order valence-electron chi connectivity index (χ3n) is 2.15. The molecule has 0 aliphatic rings. The Hall–Kier alpha value is -2.01. The monoisotopic (exact) mass is 234 g/mol. The molecule has 0 fully saturated rings. The lowest BCUT2D eigenvalue weighted by atomic mass is 10.1. The summed E-state index contributed by atoms with van der Waals surface area (Å²) in [5.74, 6) is 0. The van der Waals surface area contributed by atoms with E-state index < -0.39 is 0 Å². The average Bonchev–Trinajstić information content (AvgIpc) is 2.35. The summed E-state index contributed by atoms with van der Waals surface area (Å²) in [6.07, 6.45) is 6.76. The van der Waals surface area contributed by atoms with E-state index in [9.17, 15) is 4.79 Å². The van der Waals surface area contributed by atoms with Crippen molar-refractivity contribution < 1.29 is 4.79 Å². The number of carbonyl (C=O) groups is 1. The summed E-state index contributed by atoms with van der Waals surface area (Å²) in [4.78, 5) is 11.2. The van der Waals surface area contributed by atoms with E-state index in [1.54, 1.807) is 12.1 Å².